The number of ether oxygens (including phenoxy) is 2. The third-order valence-corrected chi connectivity index (χ3v) is 10.7. The van der Waals surface area contributed by atoms with Crippen LogP contribution in [0.2, 0.25) is 0 Å². The predicted octanol–water partition coefficient (Wildman–Crippen LogP) is 7.00. The van der Waals surface area contributed by atoms with E-state index in [2.05, 4.69) is 20.8 Å². The molecule has 4 aliphatic carbocycles. The van der Waals surface area contributed by atoms with Crippen molar-refractivity contribution in [3.8, 4) is 0 Å². The van der Waals surface area contributed by atoms with Gasteiger partial charge in [-0.3, -0.25) is 0 Å². The predicted molar refractivity (Wildman–Crippen MR) is 124 cm³/mol. The van der Waals surface area contributed by atoms with E-state index in [9.17, 15) is 4.79 Å². The molecule has 0 amide bonds. The van der Waals surface area contributed by atoms with Crippen LogP contribution < -0.4 is 0 Å². The van der Waals surface area contributed by atoms with Gasteiger partial charge in [-0.1, -0.05) is 27.2 Å². The van der Waals surface area contributed by atoms with Crippen LogP contribution in [0, 0.1) is 40.4 Å². The Bertz CT molecular complexity index is 790. The summed E-state index contributed by atoms with van der Waals surface area (Å²) in [5.74, 6) is 1.87. The monoisotopic (exact) mass is 446 g/mol. The van der Waals surface area contributed by atoms with Crippen molar-refractivity contribution in [3.05, 3.63) is 11.4 Å². The van der Waals surface area contributed by atoms with Crippen molar-refractivity contribution in [3.63, 3.8) is 0 Å². The Morgan fingerprint density at radius 1 is 1.03 bits per heavy atom. The fourth-order valence-electron chi connectivity index (χ4n) is 9.24. The Balaban J connectivity index is 1.42. The lowest BCUT2D eigenvalue weighted by atomic mass is 9.47. The van der Waals surface area contributed by atoms with Crippen molar-refractivity contribution >= 4 is 6.29 Å². The van der Waals surface area contributed by atoms with Crippen LogP contribution in [0.15, 0.2) is 11.4 Å². The van der Waals surface area contributed by atoms with E-state index in [4.69, 9.17) is 9.47 Å². The topological polar surface area (TPSA) is 35.5 Å². The van der Waals surface area contributed by atoms with Crippen LogP contribution in [0.3, 0.4) is 0 Å². The van der Waals surface area contributed by atoms with Crippen LogP contribution in [-0.4, -0.2) is 24.3 Å². The highest BCUT2D eigenvalue weighted by molar-refractivity contribution is 5.48. The minimum atomic E-state index is -0.551. The number of carbonyl (C=O) groups is 1. The smallest absolute Gasteiger partial charge is 0.163 e. The maximum absolute atomic E-state index is 16.0. The van der Waals surface area contributed by atoms with E-state index in [1.807, 2.05) is 13.8 Å². The van der Waals surface area contributed by atoms with Gasteiger partial charge in [-0.25, -0.2) is 4.39 Å². The second-order valence-corrected chi connectivity index (χ2v) is 12.8. The molecule has 5 aliphatic rings. The van der Waals surface area contributed by atoms with E-state index in [1.165, 1.54) is 18.4 Å². The van der Waals surface area contributed by atoms with Crippen molar-refractivity contribution in [1.29, 1.82) is 0 Å². The number of unbranched alkanes of at least 4 members (excludes halogenated alkanes) is 1. The molecule has 32 heavy (non-hydrogen) atoms. The van der Waals surface area contributed by atoms with Gasteiger partial charge in [0, 0.05) is 12.8 Å². The maximum atomic E-state index is 16.0. The molecule has 0 bridgehead atoms. The van der Waals surface area contributed by atoms with Crippen molar-refractivity contribution in [1.82, 2.24) is 0 Å². The molecule has 0 aromatic heterocycles. The van der Waals surface area contributed by atoms with Gasteiger partial charge in [0.2, 0.25) is 0 Å². The third-order valence-electron chi connectivity index (χ3n) is 10.7. The molecule has 9 atom stereocenters. The molecule has 3 nitrogen and oxygen atoms in total. The lowest BCUT2D eigenvalue weighted by Crippen LogP contribution is -2.55. The maximum Gasteiger partial charge on any atom is 0.163 e. The van der Waals surface area contributed by atoms with E-state index in [0.717, 1.165) is 44.8 Å². The van der Waals surface area contributed by atoms with E-state index in [-0.39, 0.29) is 34.8 Å². The van der Waals surface area contributed by atoms with Crippen molar-refractivity contribution < 1.29 is 18.7 Å². The highest BCUT2D eigenvalue weighted by Crippen LogP contribution is 2.69. The molecular formula is C28H43FO3. The number of aldehydes is 1. The molecule has 0 spiro atoms. The summed E-state index contributed by atoms with van der Waals surface area (Å²) in [5, 5.41) is 0. The SMILES string of the molecule is C[C@H](CCCC=O)[C@H]1CC[C@H]2C3=C(F)C[C@H]4[C@H]5OC(C)(C)O[C@H]5CC[C@]4(C)[C@H]3CC[C@]12C. The van der Waals surface area contributed by atoms with Crippen LogP contribution in [0.5, 0.6) is 0 Å². The standard InChI is InChI=1S/C28H43FO3/c1-17(8-6-7-15-30)18-9-10-19-24-20(11-13-27(18,19)4)28(5)14-12-23-25(21(28)16-22(24)29)32-26(2,3)31-23/h15,17-21,23,25H,6-14,16H2,1-5H3/t17-,18-,19+,20+,21+,23+,25-,27-,28-/m1/s1. The quantitative estimate of drug-likeness (QED) is 0.337. The number of rotatable bonds is 5. The van der Waals surface area contributed by atoms with Gasteiger partial charge in [0.25, 0.3) is 0 Å². The summed E-state index contributed by atoms with van der Waals surface area (Å²) in [6.07, 6.45) is 11.3. The molecule has 180 valence electrons. The number of fused-ring (bicyclic) bond motifs is 7. The lowest BCUT2D eigenvalue weighted by molar-refractivity contribution is -0.154. The van der Waals surface area contributed by atoms with Crippen LogP contribution in [0.4, 0.5) is 4.39 Å². The number of halogens is 1. The molecule has 3 saturated carbocycles. The number of hydrogen-bond donors (Lipinski definition) is 0. The molecule has 5 rings (SSSR count). The zero-order chi connectivity index (χ0) is 22.9. The lowest BCUT2D eigenvalue weighted by Gasteiger charge is -2.58. The normalized spacial score (nSPS) is 47.9. The minimum Gasteiger partial charge on any atom is -0.345 e. The summed E-state index contributed by atoms with van der Waals surface area (Å²) >= 11 is 0. The molecule has 0 aromatic rings. The Morgan fingerprint density at radius 2 is 1.75 bits per heavy atom. The number of allylic oxidation sites excluding steroid dienone is 2. The molecule has 1 heterocycles. The Labute approximate surface area is 193 Å². The second kappa shape index (κ2) is 7.90. The molecule has 4 fully saturated rings. The first-order valence-electron chi connectivity index (χ1n) is 13.3. The summed E-state index contributed by atoms with van der Waals surface area (Å²) in [6.45, 7) is 11.3. The summed E-state index contributed by atoms with van der Waals surface area (Å²) in [4.78, 5) is 10.8. The largest absolute Gasteiger partial charge is 0.345 e. The summed E-state index contributed by atoms with van der Waals surface area (Å²) < 4.78 is 28.6. The van der Waals surface area contributed by atoms with Gasteiger partial charge in [0.1, 0.15) is 12.1 Å². The summed E-state index contributed by atoms with van der Waals surface area (Å²) in [7, 11) is 0. The zero-order valence-electron chi connectivity index (χ0n) is 20.8. The van der Waals surface area contributed by atoms with Crippen LogP contribution in [-0.2, 0) is 14.3 Å². The first kappa shape index (κ1) is 23.0. The zero-order valence-corrected chi connectivity index (χ0v) is 20.8. The van der Waals surface area contributed by atoms with Crippen molar-refractivity contribution in [2.45, 2.75) is 117 Å². The van der Waals surface area contributed by atoms with Crippen LogP contribution in [0.25, 0.3) is 0 Å². The molecule has 1 aliphatic heterocycles. The van der Waals surface area contributed by atoms with Gasteiger partial charge >= 0.3 is 0 Å². The molecule has 0 aromatic carbocycles. The van der Waals surface area contributed by atoms with Gasteiger partial charge in [0.15, 0.2) is 5.79 Å². The fourth-order valence-corrected chi connectivity index (χ4v) is 9.24. The minimum absolute atomic E-state index is 0.0264. The van der Waals surface area contributed by atoms with E-state index >= 15 is 4.39 Å². The first-order valence-corrected chi connectivity index (χ1v) is 13.3. The van der Waals surface area contributed by atoms with Gasteiger partial charge in [-0.2, -0.15) is 0 Å². The molecule has 1 saturated heterocycles. The van der Waals surface area contributed by atoms with Crippen LogP contribution in [0.1, 0.15) is 98.8 Å². The first-order chi connectivity index (χ1) is 15.1. The highest BCUT2D eigenvalue weighted by Gasteiger charge is 2.63. The number of hydrogen-bond acceptors (Lipinski definition) is 3. The van der Waals surface area contributed by atoms with Gasteiger partial charge in [0.05, 0.1) is 12.2 Å². The van der Waals surface area contributed by atoms with Crippen molar-refractivity contribution in [2.75, 3.05) is 0 Å². The average Bonchev–Trinajstić information content (AvgIpc) is 3.24. The Morgan fingerprint density at radius 3 is 2.50 bits per heavy atom. The number of carbonyl (C=O) groups excluding carboxylic acids is 1. The van der Waals surface area contributed by atoms with Gasteiger partial charge in [-0.15, -0.1) is 0 Å². The Hall–Kier alpha value is -0.740. The highest BCUT2D eigenvalue weighted by atomic mass is 19.1. The van der Waals surface area contributed by atoms with E-state index < -0.39 is 5.79 Å². The molecular weight excluding hydrogens is 403 g/mol. The van der Waals surface area contributed by atoms with E-state index in [0.29, 0.717) is 36.5 Å². The van der Waals surface area contributed by atoms with E-state index in [1.54, 1.807) is 0 Å². The fraction of sp³-hybridized carbons (Fsp3) is 0.893. The Kier molecular flexibility index (Phi) is 5.68. The van der Waals surface area contributed by atoms with Crippen LogP contribution >= 0.6 is 0 Å². The summed E-state index contributed by atoms with van der Waals surface area (Å²) in [6, 6.07) is 0. The summed E-state index contributed by atoms with van der Waals surface area (Å²) in [5.41, 5.74) is 1.53. The second-order valence-electron chi connectivity index (χ2n) is 12.8. The molecule has 0 unspecified atom stereocenters. The molecule has 0 radical (unpaired) electrons. The molecule has 4 heteroatoms. The van der Waals surface area contributed by atoms with Gasteiger partial charge < -0.3 is 14.3 Å². The van der Waals surface area contributed by atoms with Crippen molar-refractivity contribution in [2.24, 2.45) is 40.4 Å². The average molecular weight is 447 g/mol. The van der Waals surface area contributed by atoms with Gasteiger partial charge in [-0.05, 0) is 105 Å². The third kappa shape index (κ3) is 3.37. The molecule has 0 N–H and O–H groups in total.